The molecule has 2 N–H and O–H groups in total. The van der Waals surface area contributed by atoms with Crippen LogP contribution in [0.15, 0.2) is 47.4 Å². The topological polar surface area (TPSA) is 87.7 Å². The van der Waals surface area contributed by atoms with Crippen LogP contribution in [0.2, 0.25) is 0 Å². The fraction of sp³-hybridized carbons (Fsp3) is 0.350. The van der Waals surface area contributed by atoms with Gasteiger partial charge in [-0.1, -0.05) is 25.1 Å². The maximum absolute atomic E-state index is 14.2. The molecule has 7 nitrogen and oxygen atoms in total. The Hall–Kier alpha value is -2.49. The summed E-state index contributed by atoms with van der Waals surface area (Å²) in [4.78, 5) is 11.8. The second-order valence-corrected chi connectivity index (χ2v) is 8.48. The van der Waals surface area contributed by atoms with Gasteiger partial charge in [0.2, 0.25) is 15.9 Å². The van der Waals surface area contributed by atoms with Gasteiger partial charge in [0.25, 0.3) is 0 Å². The molecule has 9 heteroatoms. The highest BCUT2D eigenvalue weighted by molar-refractivity contribution is 7.89. The van der Waals surface area contributed by atoms with Gasteiger partial charge in [0.15, 0.2) is 0 Å². The van der Waals surface area contributed by atoms with Crippen molar-refractivity contribution in [2.24, 2.45) is 0 Å². The lowest BCUT2D eigenvalue weighted by molar-refractivity contribution is -0.114. The fourth-order valence-electron chi connectivity index (χ4n) is 3.06. The van der Waals surface area contributed by atoms with Gasteiger partial charge in [-0.15, -0.1) is 0 Å². The number of aryl methyl sites for hydroxylation is 1. The molecule has 1 aliphatic rings. The first kappa shape index (κ1) is 21.2. The Kier molecular flexibility index (Phi) is 6.83. The van der Waals surface area contributed by atoms with Gasteiger partial charge < -0.3 is 15.4 Å². The highest BCUT2D eigenvalue weighted by Crippen LogP contribution is 2.24. The van der Waals surface area contributed by atoms with Crippen molar-refractivity contribution in [1.82, 2.24) is 4.31 Å². The van der Waals surface area contributed by atoms with Crippen LogP contribution in [0.25, 0.3) is 0 Å². The van der Waals surface area contributed by atoms with E-state index in [1.165, 1.54) is 16.4 Å². The number of nitrogens with zero attached hydrogens (tertiary/aromatic N) is 1. The molecule has 0 atom stereocenters. The molecule has 2 aromatic carbocycles. The molecule has 0 unspecified atom stereocenters. The van der Waals surface area contributed by atoms with Gasteiger partial charge in [0.05, 0.1) is 19.8 Å². The number of para-hydroxylation sites is 1. The largest absolute Gasteiger partial charge is 0.379 e. The first-order valence-corrected chi connectivity index (χ1v) is 10.8. The Bertz CT molecular complexity index is 975. The number of carbonyl (C=O) groups is 1. The first-order chi connectivity index (χ1) is 13.9. The molecule has 1 heterocycles. The zero-order chi connectivity index (χ0) is 20.9. The molecule has 0 bridgehead atoms. The van der Waals surface area contributed by atoms with E-state index < -0.39 is 20.7 Å². The zero-order valence-corrected chi connectivity index (χ0v) is 17.0. The van der Waals surface area contributed by atoms with Crippen molar-refractivity contribution < 1.29 is 22.3 Å². The lowest BCUT2D eigenvalue weighted by atomic mass is 10.1. The number of rotatable bonds is 7. The lowest BCUT2D eigenvalue weighted by Gasteiger charge is -2.26. The van der Waals surface area contributed by atoms with Crippen LogP contribution in [-0.2, 0) is 26.0 Å². The summed E-state index contributed by atoms with van der Waals surface area (Å²) in [5, 5.41) is 5.68. The highest BCUT2D eigenvalue weighted by Gasteiger charge is 2.29. The summed E-state index contributed by atoms with van der Waals surface area (Å²) in [5.74, 6) is -1.11. The molecular formula is C20H24FN3O4S. The smallest absolute Gasteiger partial charge is 0.246 e. The molecule has 0 aromatic heterocycles. The summed E-state index contributed by atoms with van der Waals surface area (Å²) in [6.07, 6.45) is 0.782. The summed E-state index contributed by atoms with van der Waals surface area (Å²) < 4.78 is 46.1. The van der Waals surface area contributed by atoms with E-state index in [-0.39, 0.29) is 38.8 Å². The molecule has 1 aliphatic heterocycles. The third-order valence-electron chi connectivity index (χ3n) is 4.64. The van der Waals surface area contributed by atoms with E-state index >= 15 is 0 Å². The van der Waals surface area contributed by atoms with E-state index in [4.69, 9.17) is 4.74 Å². The van der Waals surface area contributed by atoms with Gasteiger partial charge in [0.1, 0.15) is 10.7 Å². The van der Waals surface area contributed by atoms with Crippen molar-refractivity contribution in [3.05, 3.63) is 53.8 Å². The third kappa shape index (κ3) is 5.11. The van der Waals surface area contributed by atoms with Gasteiger partial charge in [-0.05, 0) is 36.2 Å². The van der Waals surface area contributed by atoms with E-state index in [1.807, 2.05) is 31.2 Å². The number of halogens is 1. The Morgan fingerprint density at radius 2 is 1.90 bits per heavy atom. The third-order valence-corrected chi connectivity index (χ3v) is 6.56. The number of sulfonamides is 1. The molecule has 0 aliphatic carbocycles. The fourth-order valence-corrected chi connectivity index (χ4v) is 4.56. The molecule has 3 rings (SSSR count). The first-order valence-electron chi connectivity index (χ1n) is 9.41. The van der Waals surface area contributed by atoms with E-state index in [9.17, 15) is 17.6 Å². The lowest BCUT2D eigenvalue weighted by Crippen LogP contribution is -2.40. The normalized spacial score (nSPS) is 15.1. The van der Waals surface area contributed by atoms with Gasteiger partial charge in [-0.3, -0.25) is 4.79 Å². The second-order valence-electron chi connectivity index (χ2n) is 6.57. The number of ether oxygens (including phenoxy) is 1. The van der Waals surface area contributed by atoms with Gasteiger partial charge in [0, 0.05) is 24.5 Å². The van der Waals surface area contributed by atoms with Crippen molar-refractivity contribution in [2.75, 3.05) is 43.5 Å². The average molecular weight is 421 g/mol. The van der Waals surface area contributed by atoms with Crippen LogP contribution in [0.3, 0.4) is 0 Å². The van der Waals surface area contributed by atoms with Gasteiger partial charge >= 0.3 is 0 Å². The van der Waals surface area contributed by atoms with Crippen molar-refractivity contribution in [1.29, 1.82) is 0 Å². The molecule has 0 spiro atoms. The Morgan fingerprint density at radius 1 is 1.17 bits per heavy atom. The highest BCUT2D eigenvalue weighted by atomic mass is 32.2. The number of carbonyl (C=O) groups excluding carboxylic acids is 1. The van der Waals surface area contributed by atoms with Crippen LogP contribution >= 0.6 is 0 Å². The van der Waals surface area contributed by atoms with Crippen molar-refractivity contribution in [2.45, 2.75) is 18.2 Å². The standard InChI is InChI=1S/C20H24FN3O4S/c1-2-15-5-3-4-6-18(15)23-20(25)14-22-16-7-8-17(21)19(13-16)29(26,27)24-9-11-28-12-10-24/h3-8,13,22H,2,9-12,14H2,1H3,(H,23,25). The molecule has 1 saturated heterocycles. The molecule has 1 amide bonds. The monoisotopic (exact) mass is 421 g/mol. The Labute approximate surface area is 169 Å². The van der Waals surface area contributed by atoms with Crippen LogP contribution in [0, 0.1) is 5.82 Å². The van der Waals surface area contributed by atoms with Crippen LogP contribution in [-0.4, -0.2) is 51.5 Å². The predicted molar refractivity (Wildman–Crippen MR) is 109 cm³/mol. The summed E-state index contributed by atoms with van der Waals surface area (Å²) in [5.41, 5.74) is 2.09. The number of nitrogens with one attached hydrogen (secondary N) is 2. The second kappa shape index (κ2) is 9.34. The maximum Gasteiger partial charge on any atom is 0.246 e. The van der Waals surface area contributed by atoms with E-state index in [2.05, 4.69) is 10.6 Å². The van der Waals surface area contributed by atoms with Crippen LogP contribution < -0.4 is 10.6 Å². The van der Waals surface area contributed by atoms with E-state index in [1.54, 1.807) is 0 Å². The number of benzene rings is 2. The Morgan fingerprint density at radius 3 is 2.62 bits per heavy atom. The van der Waals surface area contributed by atoms with Gasteiger partial charge in [-0.2, -0.15) is 4.31 Å². The van der Waals surface area contributed by atoms with E-state index in [0.717, 1.165) is 23.7 Å². The minimum absolute atomic E-state index is 0.0826. The summed E-state index contributed by atoms with van der Waals surface area (Å²) >= 11 is 0. The number of amides is 1. The van der Waals surface area contributed by atoms with Crippen LogP contribution in [0.1, 0.15) is 12.5 Å². The number of anilines is 2. The Balaban J connectivity index is 1.69. The molecular weight excluding hydrogens is 397 g/mol. The van der Waals surface area contributed by atoms with Crippen molar-refractivity contribution >= 4 is 27.3 Å². The quantitative estimate of drug-likeness (QED) is 0.717. The van der Waals surface area contributed by atoms with Crippen LogP contribution in [0.4, 0.5) is 15.8 Å². The van der Waals surface area contributed by atoms with Crippen molar-refractivity contribution in [3.63, 3.8) is 0 Å². The number of hydrogen-bond donors (Lipinski definition) is 2. The van der Waals surface area contributed by atoms with Gasteiger partial charge in [-0.25, -0.2) is 12.8 Å². The maximum atomic E-state index is 14.2. The summed E-state index contributed by atoms with van der Waals surface area (Å²) in [7, 11) is -3.97. The average Bonchev–Trinajstić information content (AvgIpc) is 2.74. The van der Waals surface area contributed by atoms with Crippen molar-refractivity contribution in [3.8, 4) is 0 Å². The minimum Gasteiger partial charge on any atom is -0.379 e. The zero-order valence-electron chi connectivity index (χ0n) is 16.2. The number of hydrogen-bond acceptors (Lipinski definition) is 5. The molecule has 29 heavy (non-hydrogen) atoms. The molecule has 2 aromatic rings. The minimum atomic E-state index is -3.97. The van der Waals surface area contributed by atoms with E-state index in [0.29, 0.717) is 5.69 Å². The number of morpholine rings is 1. The molecule has 1 fully saturated rings. The molecule has 0 radical (unpaired) electrons. The molecule has 0 saturated carbocycles. The summed E-state index contributed by atoms with van der Waals surface area (Å²) in [6.45, 7) is 2.83. The SMILES string of the molecule is CCc1ccccc1NC(=O)CNc1ccc(F)c(S(=O)(=O)N2CCOCC2)c1. The predicted octanol–water partition coefficient (Wildman–Crippen LogP) is 2.46. The summed E-state index contributed by atoms with van der Waals surface area (Å²) in [6, 6.07) is 11.2. The molecule has 156 valence electrons. The van der Waals surface area contributed by atoms with Crippen LogP contribution in [0.5, 0.6) is 0 Å².